The lowest BCUT2D eigenvalue weighted by atomic mass is 10.2. The molecule has 5 heteroatoms. The summed E-state index contributed by atoms with van der Waals surface area (Å²) in [5.74, 6) is 0.337. The number of carbonyl (C=O) groups is 1. The van der Waals surface area contributed by atoms with E-state index in [9.17, 15) is 9.18 Å². The zero-order valence-corrected chi connectivity index (χ0v) is 11.5. The van der Waals surface area contributed by atoms with Gasteiger partial charge >= 0.3 is 0 Å². The van der Waals surface area contributed by atoms with Gasteiger partial charge in [-0.3, -0.25) is 4.79 Å². The number of pyridine rings is 1. The zero-order chi connectivity index (χ0) is 14.8. The van der Waals surface area contributed by atoms with Gasteiger partial charge in [0.2, 0.25) is 0 Å². The predicted molar refractivity (Wildman–Crippen MR) is 78.6 cm³/mol. The summed E-state index contributed by atoms with van der Waals surface area (Å²) in [5, 5.41) is 0.921. The third-order valence-corrected chi connectivity index (χ3v) is 3.32. The van der Waals surface area contributed by atoms with Crippen LogP contribution in [0.25, 0.3) is 10.9 Å². The van der Waals surface area contributed by atoms with E-state index in [1.54, 1.807) is 36.4 Å². The number of aromatic nitrogens is 1. The van der Waals surface area contributed by atoms with Gasteiger partial charge in [-0.15, -0.1) is 0 Å². The largest absolute Gasteiger partial charge is 0.455 e. The second-order valence-corrected chi connectivity index (χ2v) is 4.76. The Hall–Kier alpha value is -2.46. The maximum absolute atomic E-state index is 13.5. The Bertz CT molecular complexity index is 836. The van der Waals surface area contributed by atoms with Gasteiger partial charge in [0.15, 0.2) is 6.29 Å². The molecule has 0 aliphatic carbocycles. The van der Waals surface area contributed by atoms with Gasteiger partial charge in [-0.25, -0.2) is 9.37 Å². The Morgan fingerprint density at radius 1 is 1.19 bits per heavy atom. The van der Waals surface area contributed by atoms with Gasteiger partial charge in [0, 0.05) is 5.39 Å². The second kappa shape index (κ2) is 5.50. The molecule has 0 unspecified atom stereocenters. The van der Waals surface area contributed by atoms with Gasteiger partial charge in [0.05, 0.1) is 16.8 Å². The highest BCUT2D eigenvalue weighted by Crippen LogP contribution is 2.30. The van der Waals surface area contributed by atoms with Crippen LogP contribution in [-0.2, 0) is 0 Å². The number of carbonyl (C=O) groups excluding carboxylic acids is 1. The number of hydrogen-bond donors (Lipinski definition) is 0. The predicted octanol–water partition coefficient (Wildman–Crippen LogP) is 4.63. The summed E-state index contributed by atoms with van der Waals surface area (Å²) in [7, 11) is 0. The Labute approximate surface area is 124 Å². The molecule has 2 aromatic carbocycles. The Morgan fingerprint density at radius 3 is 2.81 bits per heavy atom. The molecule has 0 saturated heterocycles. The van der Waals surface area contributed by atoms with E-state index < -0.39 is 5.82 Å². The second-order valence-electron chi connectivity index (χ2n) is 4.35. The van der Waals surface area contributed by atoms with Crippen LogP contribution in [0.4, 0.5) is 4.39 Å². The van der Waals surface area contributed by atoms with E-state index in [2.05, 4.69) is 4.98 Å². The van der Waals surface area contributed by atoms with Crippen LogP contribution in [0, 0.1) is 5.82 Å². The average Bonchev–Trinajstić information content (AvgIpc) is 2.48. The maximum atomic E-state index is 13.5. The van der Waals surface area contributed by atoms with Crippen molar-refractivity contribution in [2.75, 3.05) is 0 Å². The number of nitrogens with zero attached hydrogens (tertiary/aromatic N) is 1. The van der Waals surface area contributed by atoms with Gasteiger partial charge < -0.3 is 4.74 Å². The molecule has 0 aliphatic rings. The molecular weight excluding hydrogens is 293 g/mol. The maximum Gasteiger partial charge on any atom is 0.155 e. The molecule has 0 aliphatic heterocycles. The molecule has 21 heavy (non-hydrogen) atoms. The van der Waals surface area contributed by atoms with Crippen molar-refractivity contribution in [2.24, 2.45) is 0 Å². The number of para-hydroxylation sites is 1. The van der Waals surface area contributed by atoms with Crippen LogP contribution in [-0.4, -0.2) is 11.3 Å². The lowest BCUT2D eigenvalue weighted by molar-refractivity contribution is 0.112. The molecule has 0 N–H and O–H groups in total. The minimum absolute atomic E-state index is 0.263. The summed E-state index contributed by atoms with van der Waals surface area (Å²) >= 11 is 5.94. The number of halogens is 2. The Kier molecular flexibility index (Phi) is 3.54. The molecule has 0 fully saturated rings. The Balaban J connectivity index is 2.03. The summed E-state index contributed by atoms with van der Waals surface area (Å²) < 4.78 is 19.2. The normalized spacial score (nSPS) is 10.6. The van der Waals surface area contributed by atoms with Crippen LogP contribution in [0.1, 0.15) is 10.4 Å². The van der Waals surface area contributed by atoms with Crippen LogP contribution < -0.4 is 4.74 Å². The van der Waals surface area contributed by atoms with Gasteiger partial charge in [-0.2, -0.15) is 0 Å². The molecule has 3 aromatic rings. The molecular formula is C16H9ClFNO2. The highest BCUT2D eigenvalue weighted by Gasteiger charge is 2.09. The van der Waals surface area contributed by atoms with Crippen molar-refractivity contribution in [2.45, 2.75) is 0 Å². The molecule has 0 bridgehead atoms. The van der Waals surface area contributed by atoms with Crippen LogP contribution in [0.3, 0.4) is 0 Å². The summed E-state index contributed by atoms with van der Waals surface area (Å²) in [5.41, 5.74) is 0.532. The van der Waals surface area contributed by atoms with Gasteiger partial charge in [0.25, 0.3) is 0 Å². The van der Waals surface area contributed by atoms with Crippen molar-refractivity contribution in [3.05, 3.63) is 65.1 Å². The average molecular weight is 302 g/mol. The van der Waals surface area contributed by atoms with E-state index in [1.807, 2.05) is 0 Å². The van der Waals surface area contributed by atoms with Crippen LogP contribution in [0.2, 0.25) is 5.02 Å². The van der Waals surface area contributed by atoms with Crippen molar-refractivity contribution in [1.29, 1.82) is 0 Å². The number of hydrogen-bond acceptors (Lipinski definition) is 3. The number of aldehydes is 1. The van der Waals surface area contributed by atoms with Gasteiger partial charge in [-0.05, 0) is 24.3 Å². The van der Waals surface area contributed by atoms with E-state index >= 15 is 0 Å². The molecule has 0 amide bonds. The number of benzene rings is 2. The summed E-state index contributed by atoms with van der Waals surface area (Å²) in [6.07, 6.45) is 2.03. The lowest BCUT2D eigenvalue weighted by Gasteiger charge is -2.09. The first-order chi connectivity index (χ1) is 10.2. The molecule has 0 spiro atoms. The van der Waals surface area contributed by atoms with E-state index in [1.165, 1.54) is 12.3 Å². The van der Waals surface area contributed by atoms with Crippen molar-refractivity contribution in [1.82, 2.24) is 4.98 Å². The fourth-order valence-corrected chi connectivity index (χ4v) is 2.22. The van der Waals surface area contributed by atoms with Crippen LogP contribution in [0.5, 0.6) is 11.5 Å². The molecule has 1 aromatic heterocycles. The smallest absolute Gasteiger partial charge is 0.155 e. The van der Waals surface area contributed by atoms with Gasteiger partial charge in [-0.1, -0.05) is 29.8 Å². The van der Waals surface area contributed by atoms with E-state index in [0.29, 0.717) is 28.2 Å². The summed E-state index contributed by atoms with van der Waals surface area (Å²) in [6.45, 7) is 0. The van der Waals surface area contributed by atoms with Crippen molar-refractivity contribution >= 4 is 28.8 Å². The SMILES string of the molecule is O=Cc1c(Cl)cccc1Oc1cnc2c(F)cccc2c1. The topological polar surface area (TPSA) is 39.2 Å². The number of ether oxygens (including phenoxy) is 1. The quantitative estimate of drug-likeness (QED) is 0.662. The minimum Gasteiger partial charge on any atom is -0.455 e. The van der Waals surface area contributed by atoms with E-state index in [0.717, 1.165) is 0 Å². The molecule has 104 valence electrons. The first-order valence-corrected chi connectivity index (χ1v) is 6.52. The molecule has 1 heterocycles. The van der Waals surface area contributed by atoms with Crippen LogP contribution in [0.15, 0.2) is 48.7 Å². The first kappa shape index (κ1) is 13.5. The molecule has 0 saturated carbocycles. The molecule has 0 radical (unpaired) electrons. The van der Waals surface area contributed by atoms with Crippen molar-refractivity contribution < 1.29 is 13.9 Å². The first-order valence-electron chi connectivity index (χ1n) is 6.15. The van der Waals surface area contributed by atoms with Crippen molar-refractivity contribution in [3.63, 3.8) is 0 Å². The third-order valence-electron chi connectivity index (χ3n) is 3.00. The zero-order valence-electron chi connectivity index (χ0n) is 10.7. The van der Waals surface area contributed by atoms with Crippen molar-refractivity contribution in [3.8, 4) is 11.5 Å². The lowest BCUT2D eigenvalue weighted by Crippen LogP contribution is -1.93. The van der Waals surface area contributed by atoms with Crippen LogP contribution >= 0.6 is 11.6 Å². The van der Waals surface area contributed by atoms with Gasteiger partial charge in [0.1, 0.15) is 22.8 Å². The number of rotatable bonds is 3. The third kappa shape index (κ3) is 2.58. The molecule has 3 nitrogen and oxygen atoms in total. The molecule has 0 atom stereocenters. The fourth-order valence-electron chi connectivity index (χ4n) is 2.01. The summed E-state index contributed by atoms with van der Waals surface area (Å²) in [6, 6.07) is 11.2. The number of fused-ring (bicyclic) bond motifs is 1. The monoisotopic (exact) mass is 301 g/mol. The highest BCUT2D eigenvalue weighted by molar-refractivity contribution is 6.33. The summed E-state index contributed by atoms with van der Waals surface area (Å²) in [4.78, 5) is 15.1. The van der Waals surface area contributed by atoms with E-state index in [4.69, 9.17) is 16.3 Å². The Morgan fingerprint density at radius 2 is 2.00 bits per heavy atom. The van der Waals surface area contributed by atoms with E-state index in [-0.39, 0.29) is 11.1 Å². The standard InChI is InChI=1S/C16H9ClFNO2/c17-13-4-2-6-15(12(13)9-20)21-11-7-10-3-1-5-14(18)16(10)19-8-11/h1-9H. The highest BCUT2D eigenvalue weighted by atomic mass is 35.5. The molecule has 3 rings (SSSR count). The fraction of sp³-hybridized carbons (Fsp3) is 0. The minimum atomic E-state index is -0.393.